The van der Waals surface area contributed by atoms with Gasteiger partial charge in [-0.2, -0.15) is 0 Å². The van der Waals surface area contributed by atoms with Gasteiger partial charge in [-0.1, -0.05) is 23.2 Å². The second-order valence-corrected chi connectivity index (χ2v) is 6.63. The summed E-state index contributed by atoms with van der Waals surface area (Å²) in [5.41, 5.74) is 0.217. The summed E-state index contributed by atoms with van der Waals surface area (Å²) in [7, 11) is 0. The van der Waals surface area contributed by atoms with Crippen molar-refractivity contribution in [3.05, 3.63) is 33.9 Å². The van der Waals surface area contributed by atoms with Crippen LogP contribution >= 0.6 is 23.2 Å². The van der Waals surface area contributed by atoms with E-state index >= 15 is 0 Å². The van der Waals surface area contributed by atoms with Crippen molar-refractivity contribution in [2.75, 3.05) is 13.1 Å². The summed E-state index contributed by atoms with van der Waals surface area (Å²) in [6.45, 7) is 2.28. The number of hydrogen-bond acceptors (Lipinski definition) is 2. The number of fused-ring (bicyclic) bond motifs is 1. The summed E-state index contributed by atoms with van der Waals surface area (Å²) in [6.07, 6.45) is 0.445. The zero-order valence-corrected chi connectivity index (χ0v) is 13.3. The molecule has 1 atom stereocenters. The molecule has 1 fully saturated rings. The predicted octanol–water partition coefficient (Wildman–Crippen LogP) is 3.41. The molecule has 0 unspecified atom stereocenters. The zero-order valence-electron chi connectivity index (χ0n) is 11.8. The van der Waals surface area contributed by atoms with Gasteiger partial charge in [-0.25, -0.2) is 0 Å². The standard InChI is InChI=1S/C15H14Cl2N2O3/c1-15(14(21)22)4-5-19(7-15)13(20)11-6-8-10(18-11)3-2-9(16)12(8)17/h2-3,6,18H,4-5,7H2,1H3,(H,21,22)/t15-/m1/s1. The van der Waals surface area contributed by atoms with Gasteiger partial charge in [0.15, 0.2) is 0 Å². The van der Waals surface area contributed by atoms with Gasteiger partial charge in [-0.05, 0) is 31.5 Å². The van der Waals surface area contributed by atoms with E-state index < -0.39 is 11.4 Å². The van der Waals surface area contributed by atoms with Crippen LogP contribution in [0.5, 0.6) is 0 Å². The third-order valence-electron chi connectivity index (χ3n) is 4.20. The number of aromatic amines is 1. The molecule has 0 radical (unpaired) electrons. The Hall–Kier alpha value is -1.72. The highest BCUT2D eigenvalue weighted by atomic mass is 35.5. The van der Waals surface area contributed by atoms with Crippen molar-refractivity contribution in [1.29, 1.82) is 0 Å². The number of rotatable bonds is 2. The summed E-state index contributed by atoms with van der Waals surface area (Å²) in [6, 6.07) is 5.07. The maximum absolute atomic E-state index is 12.5. The summed E-state index contributed by atoms with van der Waals surface area (Å²) >= 11 is 12.1. The fraction of sp³-hybridized carbons (Fsp3) is 0.333. The van der Waals surface area contributed by atoms with Crippen molar-refractivity contribution in [3.8, 4) is 0 Å². The van der Waals surface area contributed by atoms with Crippen LogP contribution in [-0.2, 0) is 4.79 Å². The Kier molecular flexibility index (Phi) is 3.57. The fourth-order valence-corrected chi connectivity index (χ4v) is 3.12. The number of carbonyl (C=O) groups excluding carboxylic acids is 1. The van der Waals surface area contributed by atoms with Crippen molar-refractivity contribution in [1.82, 2.24) is 9.88 Å². The molecule has 0 aliphatic carbocycles. The van der Waals surface area contributed by atoms with Gasteiger partial charge in [-0.15, -0.1) is 0 Å². The molecule has 0 spiro atoms. The second kappa shape index (κ2) is 5.18. The molecule has 3 rings (SSSR count). The monoisotopic (exact) mass is 340 g/mol. The number of H-pyrrole nitrogens is 1. The number of carbonyl (C=O) groups is 2. The topological polar surface area (TPSA) is 73.4 Å². The van der Waals surface area contributed by atoms with Gasteiger partial charge in [0, 0.05) is 24.0 Å². The maximum atomic E-state index is 12.5. The van der Waals surface area contributed by atoms with Gasteiger partial charge in [0.05, 0.1) is 15.5 Å². The van der Waals surface area contributed by atoms with Crippen molar-refractivity contribution in [2.24, 2.45) is 5.41 Å². The van der Waals surface area contributed by atoms with E-state index in [4.69, 9.17) is 23.2 Å². The zero-order chi connectivity index (χ0) is 16.1. The molecule has 7 heteroatoms. The number of likely N-dealkylation sites (tertiary alicyclic amines) is 1. The number of nitrogens with zero attached hydrogens (tertiary/aromatic N) is 1. The van der Waals surface area contributed by atoms with E-state index in [1.165, 1.54) is 0 Å². The number of aromatic nitrogens is 1. The van der Waals surface area contributed by atoms with E-state index in [0.717, 1.165) is 5.52 Å². The van der Waals surface area contributed by atoms with E-state index in [0.29, 0.717) is 34.1 Å². The Labute approximate surface area is 136 Å². The third kappa shape index (κ3) is 2.34. The second-order valence-electron chi connectivity index (χ2n) is 5.85. The Morgan fingerprint density at radius 3 is 2.73 bits per heavy atom. The highest BCUT2D eigenvalue weighted by Crippen LogP contribution is 2.33. The van der Waals surface area contributed by atoms with Crippen LogP contribution in [0.25, 0.3) is 10.9 Å². The highest BCUT2D eigenvalue weighted by molar-refractivity contribution is 6.45. The molecule has 2 N–H and O–H groups in total. The van der Waals surface area contributed by atoms with E-state index in [1.54, 1.807) is 30.0 Å². The molecule has 0 bridgehead atoms. The first kappa shape index (κ1) is 15.2. The Morgan fingerprint density at radius 1 is 1.36 bits per heavy atom. The highest BCUT2D eigenvalue weighted by Gasteiger charge is 2.42. The third-order valence-corrected chi connectivity index (χ3v) is 5.02. The van der Waals surface area contributed by atoms with E-state index in [2.05, 4.69) is 4.98 Å². The minimum atomic E-state index is -0.886. The fourth-order valence-electron chi connectivity index (χ4n) is 2.74. The Bertz CT molecular complexity index is 786. The lowest BCUT2D eigenvalue weighted by Crippen LogP contribution is -2.35. The first-order valence-electron chi connectivity index (χ1n) is 6.81. The number of nitrogens with one attached hydrogen (secondary N) is 1. The number of amides is 1. The van der Waals surface area contributed by atoms with Crippen LogP contribution < -0.4 is 0 Å². The van der Waals surface area contributed by atoms with Gasteiger partial charge in [-0.3, -0.25) is 9.59 Å². The van der Waals surface area contributed by atoms with Crippen LogP contribution in [0, 0.1) is 5.41 Å². The van der Waals surface area contributed by atoms with Crippen LogP contribution in [0.1, 0.15) is 23.8 Å². The molecule has 1 aromatic carbocycles. The molecule has 1 aliphatic rings. The molecular formula is C15H14Cl2N2O3. The maximum Gasteiger partial charge on any atom is 0.311 e. The van der Waals surface area contributed by atoms with Crippen LogP contribution in [-0.4, -0.2) is 40.0 Å². The SMILES string of the molecule is C[C@@]1(C(=O)O)CCN(C(=O)c2cc3c(Cl)c(Cl)ccc3[nH]2)C1. The molecule has 1 amide bonds. The minimum Gasteiger partial charge on any atom is -0.481 e. The van der Waals surface area contributed by atoms with Gasteiger partial charge < -0.3 is 15.0 Å². The molecule has 1 aromatic heterocycles. The van der Waals surface area contributed by atoms with E-state index in [9.17, 15) is 14.7 Å². The predicted molar refractivity (Wildman–Crippen MR) is 84.6 cm³/mol. The molecule has 116 valence electrons. The van der Waals surface area contributed by atoms with Gasteiger partial charge in [0.2, 0.25) is 0 Å². The van der Waals surface area contributed by atoms with E-state index in [-0.39, 0.29) is 12.5 Å². The van der Waals surface area contributed by atoms with Gasteiger partial charge in [0.25, 0.3) is 5.91 Å². The van der Waals surface area contributed by atoms with Crippen LogP contribution in [0.4, 0.5) is 0 Å². The minimum absolute atomic E-state index is 0.199. The lowest BCUT2D eigenvalue weighted by atomic mass is 9.90. The Morgan fingerprint density at radius 2 is 2.09 bits per heavy atom. The quantitative estimate of drug-likeness (QED) is 0.879. The summed E-state index contributed by atoms with van der Waals surface area (Å²) in [5.74, 6) is -1.11. The smallest absolute Gasteiger partial charge is 0.311 e. The van der Waals surface area contributed by atoms with Gasteiger partial charge >= 0.3 is 5.97 Å². The van der Waals surface area contributed by atoms with Gasteiger partial charge in [0.1, 0.15) is 5.69 Å². The van der Waals surface area contributed by atoms with Crippen LogP contribution in [0.15, 0.2) is 18.2 Å². The number of benzene rings is 1. The molecule has 0 saturated carbocycles. The number of aliphatic carboxylic acids is 1. The number of carboxylic acids is 1. The number of carboxylic acid groups (broad SMARTS) is 1. The normalized spacial score (nSPS) is 21.5. The summed E-state index contributed by atoms with van der Waals surface area (Å²) < 4.78 is 0. The lowest BCUT2D eigenvalue weighted by Gasteiger charge is -2.19. The molecule has 1 saturated heterocycles. The van der Waals surface area contributed by atoms with E-state index in [1.807, 2.05) is 0 Å². The number of halogens is 2. The molecule has 5 nitrogen and oxygen atoms in total. The Balaban J connectivity index is 1.91. The van der Waals surface area contributed by atoms with Crippen LogP contribution in [0.3, 0.4) is 0 Å². The molecular weight excluding hydrogens is 327 g/mol. The van der Waals surface area contributed by atoms with Crippen molar-refractivity contribution < 1.29 is 14.7 Å². The first-order chi connectivity index (χ1) is 10.3. The largest absolute Gasteiger partial charge is 0.481 e. The van der Waals surface area contributed by atoms with Crippen LogP contribution in [0.2, 0.25) is 10.0 Å². The lowest BCUT2D eigenvalue weighted by molar-refractivity contribution is -0.147. The summed E-state index contributed by atoms with van der Waals surface area (Å²) in [4.78, 5) is 28.4. The molecule has 22 heavy (non-hydrogen) atoms. The average Bonchev–Trinajstić information content (AvgIpc) is 3.07. The average molecular weight is 341 g/mol. The van der Waals surface area contributed by atoms with Crippen molar-refractivity contribution in [3.63, 3.8) is 0 Å². The molecule has 1 aliphatic heterocycles. The van der Waals surface area contributed by atoms with Crippen molar-refractivity contribution in [2.45, 2.75) is 13.3 Å². The molecule has 2 heterocycles. The molecule has 2 aromatic rings. The number of hydrogen-bond donors (Lipinski definition) is 2. The summed E-state index contributed by atoms with van der Waals surface area (Å²) in [5, 5.41) is 10.7. The van der Waals surface area contributed by atoms with Crippen molar-refractivity contribution >= 4 is 46.0 Å². The first-order valence-corrected chi connectivity index (χ1v) is 7.57.